The molecule has 0 saturated carbocycles. The van der Waals surface area contributed by atoms with Crippen LogP contribution in [0.15, 0.2) is 30.0 Å². The normalized spacial score (nSPS) is 20.4. The second-order valence-electron chi connectivity index (χ2n) is 4.47. The maximum absolute atomic E-state index is 5.81. The molecule has 1 saturated heterocycles. The summed E-state index contributed by atoms with van der Waals surface area (Å²) in [7, 11) is 3.70. The van der Waals surface area contributed by atoms with Crippen molar-refractivity contribution in [2.75, 3.05) is 33.3 Å². The van der Waals surface area contributed by atoms with Crippen LogP contribution in [-0.4, -0.2) is 53.9 Å². The SMILES string of the molecule is C=CCNC(=NC)N1CCOC(c2cnn(C)c2)C1. The van der Waals surface area contributed by atoms with E-state index in [4.69, 9.17) is 4.74 Å². The van der Waals surface area contributed by atoms with Crippen LogP contribution < -0.4 is 5.32 Å². The minimum Gasteiger partial charge on any atom is -0.370 e. The Labute approximate surface area is 113 Å². The second-order valence-corrected chi connectivity index (χ2v) is 4.47. The molecule has 0 aromatic carbocycles. The Hall–Kier alpha value is -1.82. The number of hydrogen-bond donors (Lipinski definition) is 1. The fourth-order valence-electron chi connectivity index (χ4n) is 2.15. The van der Waals surface area contributed by atoms with Gasteiger partial charge in [0, 0.05) is 38.9 Å². The van der Waals surface area contributed by atoms with E-state index in [1.54, 1.807) is 11.7 Å². The van der Waals surface area contributed by atoms with Crippen molar-refractivity contribution in [2.24, 2.45) is 12.0 Å². The fourth-order valence-corrected chi connectivity index (χ4v) is 2.15. The maximum atomic E-state index is 5.81. The molecule has 1 atom stereocenters. The zero-order chi connectivity index (χ0) is 13.7. The van der Waals surface area contributed by atoms with Crippen LogP contribution in [0.1, 0.15) is 11.7 Å². The van der Waals surface area contributed by atoms with Crippen LogP contribution in [0, 0.1) is 0 Å². The van der Waals surface area contributed by atoms with E-state index >= 15 is 0 Å². The van der Waals surface area contributed by atoms with Crippen molar-refractivity contribution in [3.63, 3.8) is 0 Å². The Morgan fingerprint density at radius 2 is 2.58 bits per heavy atom. The van der Waals surface area contributed by atoms with Gasteiger partial charge in [-0.25, -0.2) is 0 Å². The molecular formula is C13H21N5O. The zero-order valence-electron chi connectivity index (χ0n) is 11.5. The highest BCUT2D eigenvalue weighted by Gasteiger charge is 2.24. The van der Waals surface area contributed by atoms with E-state index in [1.165, 1.54) is 0 Å². The Bertz CT molecular complexity index is 454. The van der Waals surface area contributed by atoms with Crippen LogP contribution in [-0.2, 0) is 11.8 Å². The van der Waals surface area contributed by atoms with Crippen LogP contribution in [0.3, 0.4) is 0 Å². The van der Waals surface area contributed by atoms with Gasteiger partial charge in [0.2, 0.25) is 0 Å². The second kappa shape index (κ2) is 6.38. The molecule has 6 nitrogen and oxygen atoms in total. The maximum Gasteiger partial charge on any atom is 0.194 e. The van der Waals surface area contributed by atoms with Gasteiger partial charge in [0.05, 0.1) is 19.3 Å². The summed E-state index contributed by atoms with van der Waals surface area (Å²) in [5, 5.41) is 7.44. The smallest absolute Gasteiger partial charge is 0.194 e. The number of hydrogen-bond acceptors (Lipinski definition) is 3. The molecule has 0 spiro atoms. The number of rotatable bonds is 3. The van der Waals surface area contributed by atoms with E-state index in [9.17, 15) is 0 Å². The molecule has 1 aromatic rings. The molecule has 0 aliphatic carbocycles. The van der Waals surface area contributed by atoms with Crippen molar-refractivity contribution in [3.8, 4) is 0 Å². The minimum atomic E-state index is 0.0460. The van der Waals surface area contributed by atoms with Crippen LogP contribution in [0.5, 0.6) is 0 Å². The van der Waals surface area contributed by atoms with E-state index in [1.807, 2.05) is 25.5 Å². The molecule has 0 radical (unpaired) electrons. The number of aryl methyl sites for hydroxylation is 1. The molecule has 6 heteroatoms. The highest BCUT2D eigenvalue weighted by atomic mass is 16.5. The summed E-state index contributed by atoms with van der Waals surface area (Å²) in [4.78, 5) is 6.49. The summed E-state index contributed by atoms with van der Waals surface area (Å²) in [6, 6.07) is 0. The summed E-state index contributed by atoms with van der Waals surface area (Å²) in [5.74, 6) is 0.886. The first-order chi connectivity index (χ1) is 9.24. The van der Waals surface area contributed by atoms with Gasteiger partial charge in [-0.15, -0.1) is 6.58 Å². The molecule has 0 amide bonds. The largest absolute Gasteiger partial charge is 0.370 e. The molecule has 1 aliphatic rings. The van der Waals surface area contributed by atoms with Crippen LogP contribution in [0.4, 0.5) is 0 Å². The number of nitrogens with one attached hydrogen (secondary N) is 1. The van der Waals surface area contributed by atoms with Crippen molar-refractivity contribution in [1.82, 2.24) is 20.0 Å². The van der Waals surface area contributed by atoms with Gasteiger partial charge in [0.25, 0.3) is 0 Å². The van der Waals surface area contributed by atoms with Crippen molar-refractivity contribution in [1.29, 1.82) is 0 Å². The van der Waals surface area contributed by atoms with Gasteiger partial charge < -0.3 is 15.0 Å². The van der Waals surface area contributed by atoms with Crippen LogP contribution >= 0.6 is 0 Å². The summed E-state index contributed by atoms with van der Waals surface area (Å²) < 4.78 is 7.60. The first-order valence-corrected chi connectivity index (χ1v) is 6.41. The average molecular weight is 263 g/mol. The number of morpholine rings is 1. The number of guanidine groups is 1. The highest BCUT2D eigenvalue weighted by Crippen LogP contribution is 2.21. The first-order valence-electron chi connectivity index (χ1n) is 6.41. The quantitative estimate of drug-likeness (QED) is 0.492. The molecule has 2 rings (SSSR count). The summed E-state index contributed by atoms with van der Waals surface area (Å²) >= 11 is 0. The van der Waals surface area contributed by atoms with Gasteiger partial charge in [-0.1, -0.05) is 6.08 Å². The third kappa shape index (κ3) is 3.35. The average Bonchev–Trinajstić information content (AvgIpc) is 2.87. The van der Waals surface area contributed by atoms with Gasteiger partial charge >= 0.3 is 0 Å². The van der Waals surface area contributed by atoms with E-state index in [0.717, 1.165) is 24.6 Å². The van der Waals surface area contributed by atoms with Gasteiger partial charge in [0.1, 0.15) is 6.10 Å². The molecule has 1 fully saturated rings. The molecule has 19 heavy (non-hydrogen) atoms. The lowest BCUT2D eigenvalue weighted by molar-refractivity contribution is -0.00795. The Morgan fingerprint density at radius 1 is 1.74 bits per heavy atom. The predicted molar refractivity (Wildman–Crippen MR) is 75.0 cm³/mol. The number of nitrogens with zero attached hydrogens (tertiary/aromatic N) is 4. The lowest BCUT2D eigenvalue weighted by Crippen LogP contribution is -2.48. The fraction of sp³-hybridized carbons (Fsp3) is 0.538. The third-order valence-corrected chi connectivity index (χ3v) is 3.08. The Kier molecular flexibility index (Phi) is 4.57. The lowest BCUT2D eigenvalue weighted by Gasteiger charge is -2.34. The monoisotopic (exact) mass is 263 g/mol. The molecule has 104 valence electrons. The van der Waals surface area contributed by atoms with E-state index in [0.29, 0.717) is 13.2 Å². The third-order valence-electron chi connectivity index (χ3n) is 3.08. The minimum absolute atomic E-state index is 0.0460. The van der Waals surface area contributed by atoms with Crippen molar-refractivity contribution in [2.45, 2.75) is 6.10 Å². The zero-order valence-corrected chi connectivity index (χ0v) is 11.5. The summed E-state index contributed by atoms with van der Waals surface area (Å²) in [6.07, 6.45) is 5.72. The lowest BCUT2D eigenvalue weighted by atomic mass is 10.1. The highest BCUT2D eigenvalue weighted by molar-refractivity contribution is 5.80. The number of aromatic nitrogens is 2. The topological polar surface area (TPSA) is 54.7 Å². The van der Waals surface area contributed by atoms with Gasteiger partial charge in [-0.3, -0.25) is 9.67 Å². The van der Waals surface area contributed by atoms with Crippen molar-refractivity contribution >= 4 is 5.96 Å². The van der Waals surface area contributed by atoms with Gasteiger partial charge in [-0.2, -0.15) is 5.10 Å². The Balaban J connectivity index is 2.02. The van der Waals surface area contributed by atoms with E-state index in [2.05, 4.69) is 26.9 Å². The summed E-state index contributed by atoms with van der Waals surface area (Å²) in [5.41, 5.74) is 1.10. The van der Waals surface area contributed by atoms with Crippen LogP contribution in [0.25, 0.3) is 0 Å². The molecule has 0 bridgehead atoms. The van der Waals surface area contributed by atoms with Gasteiger partial charge in [-0.05, 0) is 0 Å². The van der Waals surface area contributed by atoms with Crippen molar-refractivity contribution < 1.29 is 4.74 Å². The molecule has 1 aliphatic heterocycles. The number of ether oxygens (including phenoxy) is 1. The molecular weight excluding hydrogens is 242 g/mol. The molecule has 1 aromatic heterocycles. The van der Waals surface area contributed by atoms with Crippen molar-refractivity contribution in [3.05, 3.63) is 30.6 Å². The summed E-state index contributed by atoms with van der Waals surface area (Å²) in [6.45, 7) is 6.73. The Morgan fingerprint density at radius 3 is 3.21 bits per heavy atom. The first kappa shape index (κ1) is 13.6. The predicted octanol–water partition coefficient (Wildman–Crippen LogP) is 0.555. The van der Waals surface area contributed by atoms with Gasteiger partial charge in [0.15, 0.2) is 5.96 Å². The number of aliphatic imine (C=N–C) groups is 1. The molecule has 2 heterocycles. The van der Waals surface area contributed by atoms with E-state index in [-0.39, 0.29) is 6.10 Å². The standard InChI is InChI=1S/C13H21N5O/c1-4-5-15-13(14-2)18-6-7-19-12(10-18)11-8-16-17(3)9-11/h4,8-9,12H,1,5-7,10H2,2-3H3,(H,14,15). The van der Waals surface area contributed by atoms with E-state index < -0.39 is 0 Å². The molecule has 1 N–H and O–H groups in total. The van der Waals surface area contributed by atoms with Crippen LogP contribution in [0.2, 0.25) is 0 Å². The molecule has 1 unspecified atom stereocenters.